The molecule has 0 bridgehead atoms. The van der Waals surface area contributed by atoms with Gasteiger partial charge in [-0.25, -0.2) is 0 Å². The van der Waals surface area contributed by atoms with Gasteiger partial charge in [0.25, 0.3) is 0 Å². The van der Waals surface area contributed by atoms with E-state index in [0.29, 0.717) is 0 Å². The Kier molecular flexibility index (Phi) is 2.67. The van der Waals surface area contributed by atoms with E-state index >= 15 is 0 Å². The first-order valence-corrected chi connectivity index (χ1v) is 5.37. The SMILES string of the molecule is CC(N)C(O)c1ccc2c(c1)CCN2C. The Hall–Kier alpha value is -1.06. The van der Waals surface area contributed by atoms with Crippen LogP contribution in [0, 0.1) is 0 Å². The maximum atomic E-state index is 9.86. The number of aliphatic hydroxyl groups excluding tert-OH is 1. The number of aliphatic hydroxyl groups is 1. The summed E-state index contributed by atoms with van der Waals surface area (Å²) in [7, 11) is 2.09. The summed E-state index contributed by atoms with van der Waals surface area (Å²) in [5.74, 6) is 0. The third kappa shape index (κ3) is 1.85. The Morgan fingerprint density at radius 1 is 1.47 bits per heavy atom. The average molecular weight is 206 g/mol. The van der Waals surface area contributed by atoms with Crippen molar-refractivity contribution >= 4 is 5.69 Å². The summed E-state index contributed by atoms with van der Waals surface area (Å²) >= 11 is 0. The molecule has 2 rings (SSSR count). The summed E-state index contributed by atoms with van der Waals surface area (Å²) in [5, 5.41) is 9.86. The fourth-order valence-corrected chi connectivity index (χ4v) is 2.07. The number of rotatable bonds is 2. The van der Waals surface area contributed by atoms with E-state index in [1.807, 2.05) is 13.0 Å². The molecule has 1 aliphatic heterocycles. The minimum atomic E-state index is -0.554. The number of likely N-dealkylation sites (N-methyl/N-ethyl adjacent to an activating group) is 1. The predicted molar refractivity (Wildman–Crippen MR) is 62.0 cm³/mol. The highest BCUT2D eigenvalue weighted by molar-refractivity contribution is 5.58. The van der Waals surface area contributed by atoms with Crippen LogP contribution in [0.4, 0.5) is 5.69 Å². The van der Waals surface area contributed by atoms with Crippen molar-refractivity contribution in [1.82, 2.24) is 0 Å². The second kappa shape index (κ2) is 3.83. The van der Waals surface area contributed by atoms with E-state index in [4.69, 9.17) is 5.73 Å². The lowest BCUT2D eigenvalue weighted by molar-refractivity contribution is 0.153. The highest BCUT2D eigenvalue weighted by atomic mass is 16.3. The molecular weight excluding hydrogens is 188 g/mol. The van der Waals surface area contributed by atoms with E-state index in [-0.39, 0.29) is 6.04 Å². The van der Waals surface area contributed by atoms with Crippen LogP contribution in [0.5, 0.6) is 0 Å². The van der Waals surface area contributed by atoms with Crippen LogP contribution in [0.1, 0.15) is 24.2 Å². The molecule has 0 saturated heterocycles. The van der Waals surface area contributed by atoms with Crippen molar-refractivity contribution in [3.63, 3.8) is 0 Å². The normalized spacial score (nSPS) is 18.8. The minimum absolute atomic E-state index is 0.220. The van der Waals surface area contributed by atoms with Gasteiger partial charge in [-0.2, -0.15) is 0 Å². The number of nitrogens with zero attached hydrogens (tertiary/aromatic N) is 1. The first kappa shape index (κ1) is 10.5. The van der Waals surface area contributed by atoms with Gasteiger partial charge in [0, 0.05) is 25.3 Å². The summed E-state index contributed by atoms with van der Waals surface area (Å²) in [6, 6.07) is 5.90. The second-order valence-corrected chi connectivity index (χ2v) is 4.36. The smallest absolute Gasteiger partial charge is 0.0938 e. The molecule has 1 aromatic rings. The van der Waals surface area contributed by atoms with E-state index in [9.17, 15) is 5.11 Å². The molecule has 2 unspecified atom stereocenters. The lowest BCUT2D eigenvalue weighted by atomic mass is 10.0. The topological polar surface area (TPSA) is 49.5 Å². The highest BCUT2D eigenvalue weighted by Crippen LogP contribution is 2.29. The van der Waals surface area contributed by atoms with E-state index in [2.05, 4.69) is 24.1 Å². The summed E-state index contributed by atoms with van der Waals surface area (Å²) < 4.78 is 0. The fourth-order valence-electron chi connectivity index (χ4n) is 2.07. The molecule has 0 aromatic heterocycles. The standard InChI is InChI=1S/C12H18N2O/c1-8(13)12(15)10-3-4-11-9(7-10)5-6-14(11)2/h3-4,7-8,12,15H,5-6,13H2,1-2H3. The van der Waals surface area contributed by atoms with Crippen LogP contribution in [0.3, 0.4) is 0 Å². The van der Waals surface area contributed by atoms with Crippen LogP contribution in [0.15, 0.2) is 18.2 Å². The van der Waals surface area contributed by atoms with E-state index in [1.54, 1.807) is 0 Å². The predicted octanol–water partition coefficient (Wildman–Crippen LogP) is 1.06. The Balaban J connectivity index is 2.30. The van der Waals surface area contributed by atoms with Crippen molar-refractivity contribution in [3.8, 4) is 0 Å². The van der Waals surface area contributed by atoms with Crippen molar-refractivity contribution in [3.05, 3.63) is 29.3 Å². The molecule has 0 amide bonds. The average Bonchev–Trinajstić information content (AvgIpc) is 2.59. The van der Waals surface area contributed by atoms with Crippen molar-refractivity contribution < 1.29 is 5.11 Å². The molecule has 1 aromatic carbocycles. The Labute approximate surface area is 90.5 Å². The fraction of sp³-hybridized carbons (Fsp3) is 0.500. The first-order valence-electron chi connectivity index (χ1n) is 5.37. The molecule has 0 aliphatic carbocycles. The Morgan fingerprint density at radius 2 is 2.20 bits per heavy atom. The van der Waals surface area contributed by atoms with Crippen LogP contribution < -0.4 is 10.6 Å². The maximum Gasteiger partial charge on any atom is 0.0938 e. The largest absolute Gasteiger partial charge is 0.387 e. The maximum absolute atomic E-state index is 9.86. The van der Waals surface area contributed by atoms with Crippen molar-refractivity contribution in [2.45, 2.75) is 25.5 Å². The minimum Gasteiger partial charge on any atom is -0.387 e. The lowest BCUT2D eigenvalue weighted by Gasteiger charge is -2.17. The molecule has 3 nitrogen and oxygen atoms in total. The molecule has 0 spiro atoms. The van der Waals surface area contributed by atoms with Gasteiger partial charge in [-0.15, -0.1) is 0 Å². The number of benzene rings is 1. The number of fused-ring (bicyclic) bond motifs is 1. The monoisotopic (exact) mass is 206 g/mol. The molecule has 1 heterocycles. The molecule has 15 heavy (non-hydrogen) atoms. The molecular formula is C12H18N2O. The van der Waals surface area contributed by atoms with E-state index < -0.39 is 6.10 Å². The van der Waals surface area contributed by atoms with Gasteiger partial charge in [0.05, 0.1) is 6.10 Å². The van der Waals surface area contributed by atoms with E-state index in [1.165, 1.54) is 11.3 Å². The van der Waals surface area contributed by atoms with Crippen LogP contribution in [-0.2, 0) is 6.42 Å². The highest BCUT2D eigenvalue weighted by Gasteiger charge is 2.19. The van der Waals surface area contributed by atoms with Gasteiger partial charge in [0.2, 0.25) is 0 Å². The first-order chi connectivity index (χ1) is 7.09. The van der Waals surface area contributed by atoms with Crippen molar-refractivity contribution in [1.29, 1.82) is 0 Å². The van der Waals surface area contributed by atoms with Crippen molar-refractivity contribution in [2.75, 3.05) is 18.5 Å². The molecule has 3 heteroatoms. The Morgan fingerprint density at radius 3 is 2.87 bits per heavy atom. The molecule has 2 atom stereocenters. The number of hydrogen-bond acceptors (Lipinski definition) is 3. The summed E-state index contributed by atoms with van der Waals surface area (Å²) in [5.41, 5.74) is 9.20. The van der Waals surface area contributed by atoms with Crippen LogP contribution in [0.25, 0.3) is 0 Å². The number of nitrogens with two attached hydrogens (primary N) is 1. The zero-order valence-corrected chi connectivity index (χ0v) is 9.27. The van der Waals surface area contributed by atoms with Crippen molar-refractivity contribution in [2.24, 2.45) is 5.73 Å². The molecule has 82 valence electrons. The molecule has 1 aliphatic rings. The number of hydrogen-bond donors (Lipinski definition) is 2. The van der Waals surface area contributed by atoms with Gasteiger partial charge in [0.1, 0.15) is 0 Å². The van der Waals surface area contributed by atoms with E-state index in [0.717, 1.165) is 18.5 Å². The zero-order valence-electron chi connectivity index (χ0n) is 9.27. The second-order valence-electron chi connectivity index (χ2n) is 4.36. The van der Waals surface area contributed by atoms with Gasteiger partial charge < -0.3 is 15.7 Å². The van der Waals surface area contributed by atoms with Crippen LogP contribution >= 0.6 is 0 Å². The zero-order chi connectivity index (χ0) is 11.0. The van der Waals surface area contributed by atoms with Gasteiger partial charge in [-0.05, 0) is 30.5 Å². The molecule has 0 fully saturated rings. The number of anilines is 1. The molecule has 0 radical (unpaired) electrons. The summed E-state index contributed by atoms with van der Waals surface area (Å²) in [6.45, 7) is 2.89. The third-order valence-corrected chi connectivity index (χ3v) is 3.07. The van der Waals surface area contributed by atoms with Crippen LogP contribution in [0.2, 0.25) is 0 Å². The van der Waals surface area contributed by atoms with Crippen LogP contribution in [-0.4, -0.2) is 24.7 Å². The lowest BCUT2D eigenvalue weighted by Crippen LogP contribution is -2.24. The summed E-state index contributed by atoms with van der Waals surface area (Å²) in [6.07, 6.45) is 0.506. The summed E-state index contributed by atoms with van der Waals surface area (Å²) in [4.78, 5) is 2.23. The molecule has 3 N–H and O–H groups in total. The van der Waals surface area contributed by atoms with Gasteiger partial charge in [-0.3, -0.25) is 0 Å². The third-order valence-electron chi connectivity index (χ3n) is 3.07. The van der Waals surface area contributed by atoms with Gasteiger partial charge in [-0.1, -0.05) is 12.1 Å². The van der Waals surface area contributed by atoms with Gasteiger partial charge in [0.15, 0.2) is 0 Å². The quantitative estimate of drug-likeness (QED) is 0.760. The molecule has 0 saturated carbocycles. The van der Waals surface area contributed by atoms with Gasteiger partial charge >= 0.3 is 0 Å². The Bertz CT molecular complexity index is 363.